The molecule has 0 aliphatic carbocycles. The van der Waals surface area contributed by atoms with Crippen LogP contribution >= 0.6 is 11.6 Å². The number of aryl methyl sites for hydroxylation is 1. The molecule has 0 radical (unpaired) electrons. The summed E-state index contributed by atoms with van der Waals surface area (Å²) >= 11 is 5.85. The standard InChI is InChI=1S/C20H16ClNO5/c1-11-2-4-12(5-3-11)17-16(18(25)13-6-8-14(21)9-7-13)19(26)20(27)22(17)10-15(23)24/h2-9,26-27H,10H2,1H3,(H,23,24). The fraction of sp³-hybridized carbons (Fsp3) is 0.100. The number of carboxylic acid groups (broad SMARTS) is 1. The minimum absolute atomic E-state index is 0.132. The molecular formula is C20H16ClNO5. The number of ketones is 1. The van der Waals surface area contributed by atoms with Crippen LogP contribution in [0.5, 0.6) is 11.6 Å². The van der Waals surface area contributed by atoms with Gasteiger partial charge in [0.1, 0.15) is 6.54 Å². The van der Waals surface area contributed by atoms with Gasteiger partial charge in [-0.25, -0.2) is 0 Å². The lowest BCUT2D eigenvalue weighted by Gasteiger charge is -2.10. The first-order valence-electron chi connectivity index (χ1n) is 8.03. The van der Waals surface area contributed by atoms with Crippen LogP contribution in [0.3, 0.4) is 0 Å². The molecule has 3 aromatic rings. The van der Waals surface area contributed by atoms with Gasteiger partial charge in [-0.15, -0.1) is 0 Å². The molecule has 0 saturated heterocycles. The average molecular weight is 386 g/mol. The summed E-state index contributed by atoms with van der Waals surface area (Å²) in [5.74, 6) is -3.12. The molecule has 0 aliphatic heterocycles. The van der Waals surface area contributed by atoms with Crippen LogP contribution in [0.15, 0.2) is 48.5 Å². The van der Waals surface area contributed by atoms with E-state index in [1.807, 2.05) is 6.92 Å². The minimum Gasteiger partial charge on any atom is -0.503 e. The summed E-state index contributed by atoms with van der Waals surface area (Å²) in [4.78, 5) is 24.3. The van der Waals surface area contributed by atoms with E-state index in [2.05, 4.69) is 0 Å². The summed E-state index contributed by atoms with van der Waals surface area (Å²) in [5, 5.41) is 30.3. The van der Waals surface area contributed by atoms with E-state index >= 15 is 0 Å². The van der Waals surface area contributed by atoms with Gasteiger partial charge < -0.3 is 15.3 Å². The van der Waals surface area contributed by atoms with Gasteiger partial charge in [0.05, 0.1) is 11.3 Å². The van der Waals surface area contributed by atoms with Gasteiger partial charge in [-0.2, -0.15) is 0 Å². The number of aromatic nitrogens is 1. The van der Waals surface area contributed by atoms with Crippen molar-refractivity contribution in [2.75, 3.05) is 0 Å². The molecule has 0 atom stereocenters. The van der Waals surface area contributed by atoms with Crippen LogP contribution in [0, 0.1) is 6.92 Å². The summed E-state index contributed by atoms with van der Waals surface area (Å²) < 4.78 is 1.01. The lowest BCUT2D eigenvalue weighted by molar-refractivity contribution is -0.137. The van der Waals surface area contributed by atoms with Crippen molar-refractivity contribution in [2.24, 2.45) is 0 Å². The number of nitrogens with zero attached hydrogens (tertiary/aromatic N) is 1. The van der Waals surface area contributed by atoms with E-state index in [1.54, 1.807) is 24.3 Å². The van der Waals surface area contributed by atoms with Crippen LogP contribution in [0.2, 0.25) is 5.02 Å². The van der Waals surface area contributed by atoms with E-state index in [1.165, 1.54) is 24.3 Å². The summed E-state index contributed by atoms with van der Waals surface area (Å²) in [5.41, 5.74) is 1.67. The molecule has 3 N–H and O–H groups in total. The van der Waals surface area contributed by atoms with Gasteiger partial charge in [-0.05, 0) is 36.8 Å². The molecule has 1 aromatic heterocycles. The fourth-order valence-corrected chi connectivity index (χ4v) is 2.98. The molecule has 6 nitrogen and oxygen atoms in total. The zero-order valence-corrected chi connectivity index (χ0v) is 15.1. The third kappa shape index (κ3) is 3.52. The van der Waals surface area contributed by atoms with Crippen LogP contribution < -0.4 is 0 Å². The Morgan fingerprint density at radius 1 is 1.00 bits per heavy atom. The maximum absolute atomic E-state index is 13.0. The van der Waals surface area contributed by atoms with E-state index in [0.29, 0.717) is 10.6 Å². The average Bonchev–Trinajstić information content (AvgIpc) is 2.87. The second-order valence-corrected chi connectivity index (χ2v) is 6.51. The maximum atomic E-state index is 13.0. The SMILES string of the molecule is Cc1ccc(-c2c(C(=O)c3ccc(Cl)cc3)c(O)c(O)n2CC(=O)O)cc1. The summed E-state index contributed by atoms with van der Waals surface area (Å²) in [7, 11) is 0. The molecule has 1 heterocycles. The van der Waals surface area contributed by atoms with Crippen LogP contribution in [0.25, 0.3) is 11.3 Å². The van der Waals surface area contributed by atoms with Crippen molar-refractivity contribution in [3.05, 3.63) is 70.2 Å². The third-order valence-corrected chi connectivity index (χ3v) is 4.41. The van der Waals surface area contributed by atoms with Crippen LogP contribution in [-0.2, 0) is 11.3 Å². The van der Waals surface area contributed by atoms with Crippen LogP contribution in [0.4, 0.5) is 0 Å². The molecular weight excluding hydrogens is 370 g/mol. The van der Waals surface area contributed by atoms with Crippen LogP contribution in [0.1, 0.15) is 21.5 Å². The second-order valence-electron chi connectivity index (χ2n) is 6.08. The Morgan fingerprint density at radius 3 is 2.15 bits per heavy atom. The van der Waals surface area contributed by atoms with E-state index in [4.69, 9.17) is 11.6 Å². The summed E-state index contributed by atoms with van der Waals surface area (Å²) in [6.45, 7) is 1.27. The molecule has 0 saturated carbocycles. The lowest BCUT2D eigenvalue weighted by atomic mass is 9.98. The van der Waals surface area contributed by atoms with Gasteiger partial charge in [0.15, 0.2) is 11.5 Å². The van der Waals surface area contributed by atoms with Gasteiger partial charge in [0.25, 0.3) is 0 Å². The molecule has 0 unspecified atom stereocenters. The number of benzene rings is 2. The summed E-state index contributed by atoms with van der Waals surface area (Å²) in [6, 6.07) is 13.0. The van der Waals surface area contributed by atoms with E-state index in [9.17, 15) is 24.9 Å². The van der Waals surface area contributed by atoms with Crippen molar-refractivity contribution in [2.45, 2.75) is 13.5 Å². The molecule has 0 fully saturated rings. The molecule has 27 heavy (non-hydrogen) atoms. The van der Waals surface area contributed by atoms with Gasteiger partial charge >= 0.3 is 5.97 Å². The van der Waals surface area contributed by atoms with Gasteiger partial charge in [0, 0.05) is 10.6 Å². The molecule has 0 bridgehead atoms. The van der Waals surface area contributed by atoms with Crippen molar-refractivity contribution >= 4 is 23.4 Å². The van der Waals surface area contributed by atoms with Crippen molar-refractivity contribution in [1.29, 1.82) is 0 Å². The highest BCUT2D eigenvalue weighted by Gasteiger charge is 2.29. The second kappa shape index (κ2) is 7.17. The lowest BCUT2D eigenvalue weighted by Crippen LogP contribution is -2.11. The molecule has 0 spiro atoms. The van der Waals surface area contributed by atoms with E-state index in [-0.39, 0.29) is 16.8 Å². The van der Waals surface area contributed by atoms with E-state index < -0.39 is 29.9 Å². The smallest absolute Gasteiger partial charge is 0.323 e. The van der Waals surface area contributed by atoms with Crippen molar-refractivity contribution in [1.82, 2.24) is 4.57 Å². The quantitative estimate of drug-likeness (QED) is 0.579. The zero-order chi connectivity index (χ0) is 19.7. The van der Waals surface area contributed by atoms with Crippen LogP contribution in [-0.4, -0.2) is 31.6 Å². The number of aliphatic carboxylic acids is 1. The number of hydrogen-bond acceptors (Lipinski definition) is 4. The number of rotatable bonds is 5. The highest BCUT2D eigenvalue weighted by atomic mass is 35.5. The number of carbonyl (C=O) groups is 2. The topological polar surface area (TPSA) is 99.8 Å². The Labute approximate surface area is 159 Å². The van der Waals surface area contributed by atoms with Gasteiger partial charge in [-0.3, -0.25) is 14.2 Å². The molecule has 0 aliphatic rings. The summed E-state index contributed by atoms with van der Waals surface area (Å²) in [6.07, 6.45) is 0. The van der Waals surface area contributed by atoms with Crippen molar-refractivity contribution < 1.29 is 24.9 Å². The molecule has 2 aromatic carbocycles. The molecule has 0 amide bonds. The van der Waals surface area contributed by atoms with Crippen molar-refractivity contribution in [3.63, 3.8) is 0 Å². The third-order valence-electron chi connectivity index (χ3n) is 4.16. The Balaban J connectivity index is 2.26. The maximum Gasteiger partial charge on any atom is 0.323 e. The largest absolute Gasteiger partial charge is 0.503 e. The number of carbonyl (C=O) groups excluding carboxylic acids is 1. The van der Waals surface area contributed by atoms with E-state index in [0.717, 1.165) is 10.1 Å². The Kier molecular flexibility index (Phi) is 4.92. The predicted molar refractivity (Wildman–Crippen MR) is 100 cm³/mol. The number of hydrogen-bond donors (Lipinski definition) is 3. The number of aromatic hydroxyl groups is 2. The Bertz CT molecular complexity index is 1020. The first kappa shape index (κ1) is 18.5. The van der Waals surface area contributed by atoms with Gasteiger partial charge in [-0.1, -0.05) is 41.4 Å². The normalized spacial score (nSPS) is 10.7. The monoisotopic (exact) mass is 385 g/mol. The Morgan fingerprint density at radius 2 is 1.59 bits per heavy atom. The first-order valence-corrected chi connectivity index (χ1v) is 8.41. The Hall–Kier alpha value is -3.25. The highest BCUT2D eigenvalue weighted by Crippen LogP contribution is 2.42. The van der Waals surface area contributed by atoms with Crippen molar-refractivity contribution in [3.8, 4) is 22.9 Å². The highest BCUT2D eigenvalue weighted by molar-refractivity contribution is 6.30. The number of halogens is 1. The predicted octanol–water partition coefficient (Wildman–Crippen LogP) is 3.84. The molecule has 138 valence electrons. The van der Waals surface area contributed by atoms with Gasteiger partial charge in [0.2, 0.25) is 5.88 Å². The zero-order valence-electron chi connectivity index (χ0n) is 14.3. The number of carboxylic acids is 1. The minimum atomic E-state index is -1.22. The molecule has 7 heteroatoms. The fourth-order valence-electron chi connectivity index (χ4n) is 2.85. The molecule has 3 rings (SSSR count). The first-order chi connectivity index (χ1) is 12.8.